The van der Waals surface area contributed by atoms with Gasteiger partial charge < -0.3 is 4.74 Å². The number of benzene rings is 1. The first-order chi connectivity index (χ1) is 11.9. The number of aryl methyl sites for hydroxylation is 1. The molecule has 1 unspecified atom stereocenters. The van der Waals surface area contributed by atoms with Crippen LogP contribution >= 0.6 is 11.3 Å². The molecule has 1 aromatic carbocycles. The molecule has 0 spiro atoms. The number of aromatic nitrogens is 1. The minimum absolute atomic E-state index is 0.000253. The Morgan fingerprint density at radius 1 is 1.56 bits per heavy atom. The van der Waals surface area contributed by atoms with Gasteiger partial charge in [-0.2, -0.15) is 0 Å². The van der Waals surface area contributed by atoms with Crippen molar-refractivity contribution in [2.75, 3.05) is 11.9 Å². The first-order valence-electron chi connectivity index (χ1n) is 7.68. The van der Waals surface area contributed by atoms with E-state index in [1.54, 1.807) is 25.1 Å². The topological polar surface area (TPSA) is 94.4 Å². The van der Waals surface area contributed by atoms with Gasteiger partial charge in [-0.1, -0.05) is 18.2 Å². The Labute approximate surface area is 149 Å². The molecule has 0 aliphatic carbocycles. The highest BCUT2D eigenvalue weighted by Crippen LogP contribution is 2.32. The molecule has 0 saturated carbocycles. The maximum Gasteiger partial charge on any atom is 0.270 e. The van der Waals surface area contributed by atoms with E-state index >= 15 is 0 Å². The molecule has 0 bridgehead atoms. The van der Waals surface area contributed by atoms with Gasteiger partial charge in [0, 0.05) is 22.6 Å². The SMILES string of the molecule is C=CCCOC(C)C(=O)Nc1nc(-c2cccc([N+](=O)[O-])c2)c(C)s1. The summed E-state index contributed by atoms with van der Waals surface area (Å²) in [6.45, 7) is 7.54. The number of carbonyl (C=O) groups excluding carboxylic acids is 1. The third kappa shape index (κ3) is 4.94. The summed E-state index contributed by atoms with van der Waals surface area (Å²) in [7, 11) is 0. The Kier molecular flexibility index (Phi) is 6.37. The Balaban J connectivity index is 2.12. The van der Waals surface area contributed by atoms with Gasteiger partial charge in [0.25, 0.3) is 11.6 Å². The van der Waals surface area contributed by atoms with Crippen molar-refractivity contribution < 1.29 is 14.5 Å². The summed E-state index contributed by atoms with van der Waals surface area (Å²) in [5.41, 5.74) is 1.25. The van der Waals surface area contributed by atoms with Crippen LogP contribution in [0.25, 0.3) is 11.3 Å². The van der Waals surface area contributed by atoms with E-state index in [0.717, 1.165) is 4.88 Å². The van der Waals surface area contributed by atoms with Crippen LogP contribution in [0.2, 0.25) is 0 Å². The van der Waals surface area contributed by atoms with Gasteiger partial charge in [0.2, 0.25) is 0 Å². The Bertz CT molecular complexity index is 788. The van der Waals surface area contributed by atoms with Gasteiger partial charge in [0.1, 0.15) is 6.10 Å². The molecule has 25 heavy (non-hydrogen) atoms. The second-order valence-electron chi connectivity index (χ2n) is 5.31. The summed E-state index contributed by atoms with van der Waals surface area (Å²) in [4.78, 5) is 27.8. The van der Waals surface area contributed by atoms with Crippen LogP contribution in [0.3, 0.4) is 0 Å². The predicted octanol–water partition coefficient (Wildman–Crippen LogP) is 3.95. The number of nitro benzene ring substituents is 1. The Hall–Kier alpha value is -2.58. The van der Waals surface area contributed by atoms with Crippen molar-refractivity contribution in [2.24, 2.45) is 0 Å². The predicted molar refractivity (Wildman–Crippen MR) is 97.8 cm³/mol. The van der Waals surface area contributed by atoms with Crippen molar-refractivity contribution >= 4 is 28.1 Å². The molecular weight excluding hydrogens is 342 g/mol. The number of hydrogen-bond donors (Lipinski definition) is 1. The summed E-state index contributed by atoms with van der Waals surface area (Å²) >= 11 is 1.31. The van der Waals surface area contributed by atoms with E-state index < -0.39 is 11.0 Å². The number of carbonyl (C=O) groups is 1. The number of non-ortho nitro benzene ring substituents is 1. The number of ether oxygens (including phenoxy) is 1. The van der Waals surface area contributed by atoms with Crippen molar-refractivity contribution in [3.05, 3.63) is 51.9 Å². The summed E-state index contributed by atoms with van der Waals surface area (Å²) in [6, 6.07) is 6.26. The average molecular weight is 361 g/mol. The zero-order valence-corrected chi connectivity index (χ0v) is 14.8. The monoisotopic (exact) mass is 361 g/mol. The molecule has 8 heteroatoms. The molecule has 1 N–H and O–H groups in total. The van der Waals surface area contributed by atoms with Crippen molar-refractivity contribution in [2.45, 2.75) is 26.4 Å². The maximum atomic E-state index is 12.1. The number of hydrogen-bond acceptors (Lipinski definition) is 6. The van der Waals surface area contributed by atoms with Crippen molar-refractivity contribution in [1.29, 1.82) is 0 Å². The van der Waals surface area contributed by atoms with E-state index in [9.17, 15) is 14.9 Å². The molecule has 1 atom stereocenters. The maximum absolute atomic E-state index is 12.1. The second-order valence-corrected chi connectivity index (χ2v) is 6.51. The van der Waals surface area contributed by atoms with E-state index in [1.165, 1.54) is 23.5 Å². The van der Waals surface area contributed by atoms with Gasteiger partial charge in [-0.25, -0.2) is 4.98 Å². The minimum atomic E-state index is -0.606. The fourth-order valence-electron chi connectivity index (χ4n) is 2.10. The second kappa shape index (κ2) is 8.50. The van der Waals surface area contributed by atoms with Crippen LogP contribution in [-0.4, -0.2) is 28.5 Å². The van der Waals surface area contributed by atoms with Crippen LogP contribution < -0.4 is 5.32 Å². The molecule has 7 nitrogen and oxygen atoms in total. The third-order valence-electron chi connectivity index (χ3n) is 3.42. The molecule has 0 fully saturated rings. The fourth-order valence-corrected chi connectivity index (χ4v) is 2.93. The number of amides is 1. The zero-order chi connectivity index (χ0) is 18.4. The van der Waals surface area contributed by atoms with E-state index in [1.807, 2.05) is 6.92 Å². The van der Waals surface area contributed by atoms with Crippen molar-refractivity contribution in [3.8, 4) is 11.3 Å². The number of nitrogens with one attached hydrogen (secondary N) is 1. The van der Waals surface area contributed by atoms with Crippen molar-refractivity contribution in [3.63, 3.8) is 0 Å². The molecule has 1 aromatic heterocycles. The lowest BCUT2D eigenvalue weighted by Gasteiger charge is -2.11. The summed E-state index contributed by atoms with van der Waals surface area (Å²) in [5, 5.41) is 14.1. The fraction of sp³-hybridized carbons (Fsp3) is 0.294. The van der Waals surface area contributed by atoms with Crippen LogP contribution in [0.1, 0.15) is 18.2 Å². The highest BCUT2D eigenvalue weighted by atomic mass is 32.1. The summed E-state index contributed by atoms with van der Waals surface area (Å²) in [6.07, 6.45) is 1.79. The van der Waals surface area contributed by atoms with E-state index in [4.69, 9.17) is 4.74 Å². The van der Waals surface area contributed by atoms with Gasteiger partial charge in [-0.05, 0) is 20.3 Å². The summed E-state index contributed by atoms with van der Waals surface area (Å²) in [5.74, 6) is -0.289. The van der Waals surface area contributed by atoms with E-state index in [-0.39, 0.29) is 11.6 Å². The number of thiazole rings is 1. The van der Waals surface area contributed by atoms with Gasteiger partial charge in [-0.15, -0.1) is 17.9 Å². The smallest absolute Gasteiger partial charge is 0.270 e. The first kappa shape index (κ1) is 18.8. The number of nitro groups is 1. The standard InChI is InChI=1S/C17H19N3O4S/c1-4-5-9-24-11(2)16(21)19-17-18-15(12(3)25-17)13-7-6-8-14(10-13)20(22)23/h4,6-8,10-11H,1,5,9H2,2-3H3,(H,18,19,21). The molecule has 0 aliphatic rings. The molecule has 0 aliphatic heterocycles. The normalized spacial score (nSPS) is 11.8. The lowest BCUT2D eigenvalue weighted by Crippen LogP contribution is -2.27. The highest BCUT2D eigenvalue weighted by molar-refractivity contribution is 7.16. The molecule has 1 amide bonds. The number of rotatable bonds is 8. The minimum Gasteiger partial charge on any atom is -0.368 e. The molecule has 2 aromatic rings. The molecule has 2 rings (SSSR count). The van der Waals surface area contributed by atoms with Gasteiger partial charge in [0.15, 0.2) is 5.13 Å². The van der Waals surface area contributed by atoms with E-state index in [0.29, 0.717) is 29.4 Å². The molecule has 0 saturated heterocycles. The van der Waals surface area contributed by atoms with Gasteiger partial charge >= 0.3 is 0 Å². The lowest BCUT2D eigenvalue weighted by molar-refractivity contribution is -0.384. The van der Waals surface area contributed by atoms with Crippen LogP contribution in [0.5, 0.6) is 0 Å². The zero-order valence-electron chi connectivity index (χ0n) is 14.0. The third-order valence-corrected chi connectivity index (χ3v) is 4.30. The Morgan fingerprint density at radius 2 is 2.32 bits per heavy atom. The van der Waals surface area contributed by atoms with Gasteiger partial charge in [0.05, 0.1) is 17.2 Å². The van der Waals surface area contributed by atoms with Crippen molar-refractivity contribution in [1.82, 2.24) is 4.98 Å². The molecule has 1 heterocycles. The summed E-state index contributed by atoms with van der Waals surface area (Å²) < 4.78 is 5.40. The Morgan fingerprint density at radius 3 is 3.00 bits per heavy atom. The number of anilines is 1. The van der Waals surface area contributed by atoms with Crippen LogP contribution in [-0.2, 0) is 9.53 Å². The number of nitrogens with zero attached hydrogens (tertiary/aromatic N) is 2. The average Bonchev–Trinajstić information content (AvgIpc) is 2.95. The van der Waals surface area contributed by atoms with Crippen LogP contribution in [0.15, 0.2) is 36.9 Å². The quantitative estimate of drug-likeness (QED) is 0.332. The molecule has 132 valence electrons. The first-order valence-corrected chi connectivity index (χ1v) is 8.49. The van der Waals surface area contributed by atoms with Crippen LogP contribution in [0.4, 0.5) is 10.8 Å². The van der Waals surface area contributed by atoms with Crippen LogP contribution in [0, 0.1) is 17.0 Å². The lowest BCUT2D eigenvalue weighted by atomic mass is 10.1. The largest absolute Gasteiger partial charge is 0.368 e. The van der Waals surface area contributed by atoms with Gasteiger partial charge in [-0.3, -0.25) is 20.2 Å². The highest BCUT2D eigenvalue weighted by Gasteiger charge is 2.18. The van der Waals surface area contributed by atoms with E-state index in [2.05, 4.69) is 16.9 Å². The molecular formula is C17H19N3O4S. The molecule has 0 radical (unpaired) electrons.